The van der Waals surface area contributed by atoms with Gasteiger partial charge in [-0.2, -0.15) is 0 Å². The Morgan fingerprint density at radius 1 is 1.43 bits per heavy atom. The normalized spacial score (nSPS) is 9.21. The molecule has 0 saturated heterocycles. The summed E-state index contributed by atoms with van der Waals surface area (Å²) in [6, 6.07) is 7.14. The number of rotatable bonds is 3. The summed E-state index contributed by atoms with van der Waals surface area (Å²) in [5, 5.41) is 0. The predicted molar refractivity (Wildman–Crippen MR) is 53.4 cm³/mol. The van der Waals surface area contributed by atoms with E-state index < -0.39 is 6.16 Å². The van der Waals surface area contributed by atoms with Crippen LogP contribution in [0.25, 0.3) is 0 Å². The van der Waals surface area contributed by atoms with Crippen molar-refractivity contribution in [3.05, 3.63) is 42.5 Å². The van der Waals surface area contributed by atoms with Crippen molar-refractivity contribution in [2.45, 2.75) is 6.92 Å². The summed E-state index contributed by atoms with van der Waals surface area (Å²) in [5.41, 5.74) is 1.11. The van der Waals surface area contributed by atoms with Crippen molar-refractivity contribution < 1.29 is 14.3 Å². The summed E-state index contributed by atoms with van der Waals surface area (Å²) in [6.45, 7) is 5.53. The lowest BCUT2D eigenvalue weighted by molar-refractivity contribution is 0.109. The number of carbonyl (C=O) groups is 1. The second-order valence-electron chi connectivity index (χ2n) is 2.76. The molecule has 1 aromatic rings. The average molecular weight is 192 g/mol. The van der Waals surface area contributed by atoms with E-state index in [0.29, 0.717) is 5.75 Å². The van der Waals surface area contributed by atoms with Crippen LogP contribution in [0.15, 0.2) is 36.9 Å². The highest BCUT2D eigenvalue weighted by molar-refractivity contribution is 5.63. The van der Waals surface area contributed by atoms with Crippen molar-refractivity contribution in [1.82, 2.24) is 0 Å². The van der Waals surface area contributed by atoms with E-state index in [9.17, 15) is 4.79 Å². The van der Waals surface area contributed by atoms with E-state index in [0.717, 1.165) is 5.56 Å². The first-order valence-electron chi connectivity index (χ1n) is 4.24. The Morgan fingerprint density at radius 3 is 2.64 bits per heavy atom. The lowest BCUT2D eigenvalue weighted by Gasteiger charge is -2.03. The predicted octanol–water partition coefficient (Wildman–Crippen LogP) is 2.70. The van der Waals surface area contributed by atoms with Gasteiger partial charge in [-0.15, -0.1) is 0 Å². The molecule has 3 heteroatoms. The Labute approximate surface area is 83.0 Å². The highest BCUT2D eigenvalue weighted by Crippen LogP contribution is 2.11. The van der Waals surface area contributed by atoms with Crippen LogP contribution in [0.3, 0.4) is 0 Å². The Kier molecular flexibility index (Phi) is 3.73. The average Bonchev–Trinajstić information content (AvgIpc) is 2.18. The zero-order valence-electron chi connectivity index (χ0n) is 8.03. The van der Waals surface area contributed by atoms with Gasteiger partial charge in [0.1, 0.15) is 12.4 Å². The minimum Gasteiger partial charge on any atom is -0.430 e. The molecule has 1 rings (SSSR count). The van der Waals surface area contributed by atoms with Crippen LogP contribution in [0, 0.1) is 6.92 Å². The Bertz CT molecular complexity index is 314. The molecule has 0 fully saturated rings. The molecule has 0 saturated carbocycles. The summed E-state index contributed by atoms with van der Waals surface area (Å²) < 4.78 is 9.51. The molecule has 1 aromatic carbocycles. The van der Waals surface area contributed by atoms with Crippen molar-refractivity contribution >= 4 is 6.16 Å². The van der Waals surface area contributed by atoms with E-state index in [-0.39, 0.29) is 6.61 Å². The second kappa shape index (κ2) is 5.07. The largest absolute Gasteiger partial charge is 0.514 e. The second-order valence-corrected chi connectivity index (χ2v) is 2.76. The van der Waals surface area contributed by atoms with Crippen LogP contribution in [-0.2, 0) is 4.74 Å². The van der Waals surface area contributed by atoms with Crippen LogP contribution in [0.5, 0.6) is 5.75 Å². The number of benzene rings is 1. The van der Waals surface area contributed by atoms with Gasteiger partial charge >= 0.3 is 6.16 Å². The molecule has 0 atom stereocenters. The van der Waals surface area contributed by atoms with Gasteiger partial charge in [0.25, 0.3) is 0 Å². The van der Waals surface area contributed by atoms with E-state index in [1.807, 2.05) is 19.1 Å². The van der Waals surface area contributed by atoms with Gasteiger partial charge in [-0.3, -0.25) is 0 Å². The van der Waals surface area contributed by atoms with E-state index in [1.54, 1.807) is 12.1 Å². The van der Waals surface area contributed by atoms with Crippen LogP contribution >= 0.6 is 0 Å². The molecule has 3 nitrogen and oxygen atoms in total. The molecule has 14 heavy (non-hydrogen) atoms. The third-order valence-electron chi connectivity index (χ3n) is 1.54. The molecule has 0 bridgehead atoms. The van der Waals surface area contributed by atoms with Gasteiger partial charge in [0.15, 0.2) is 0 Å². The van der Waals surface area contributed by atoms with Gasteiger partial charge in [0.05, 0.1) is 0 Å². The van der Waals surface area contributed by atoms with Crippen LogP contribution in [0.2, 0.25) is 0 Å². The maximum atomic E-state index is 11.0. The zero-order chi connectivity index (χ0) is 10.4. The van der Waals surface area contributed by atoms with E-state index in [1.165, 1.54) is 6.08 Å². The van der Waals surface area contributed by atoms with Crippen LogP contribution in [0.4, 0.5) is 4.79 Å². The molecule has 0 aliphatic carbocycles. The number of aryl methyl sites for hydroxylation is 1. The Balaban J connectivity index is 2.47. The highest BCUT2D eigenvalue weighted by atomic mass is 16.7. The van der Waals surface area contributed by atoms with E-state index in [4.69, 9.17) is 4.74 Å². The van der Waals surface area contributed by atoms with E-state index >= 15 is 0 Å². The first-order chi connectivity index (χ1) is 6.72. The third-order valence-corrected chi connectivity index (χ3v) is 1.54. The molecule has 0 aromatic heterocycles. The Hall–Kier alpha value is -1.77. The number of hydrogen-bond donors (Lipinski definition) is 0. The van der Waals surface area contributed by atoms with Crippen molar-refractivity contribution in [2.75, 3.05) is 6.61 Å². The van der Waals surface area contributed by atoms with Gasteiger partial charge < -0.3 is 9.47 Å². The SMILES string of the molecule is C=CCOC(=O)Oc1ccc(C)cc1. The standard InChI is InChI=1S/C11H12O3/c1-3-8-13-11(12)14-10-6-4-9(2)5-7-10/h3-7H,1,8H2,2H3. The van der Waals surface area contributed by atoms with Gasteiger partial charge in [-0.05, 0) is 19.1 Å². The fourth-order valence-corrected chi connectivity index (χ4v) is 0.859. The summed E-state index contributed by atoms with van der Waals surface area (Å²) in [7, 11) is 0. The van der Waals surface area contributed by atoms with Gasteiger partial charge in [0, 0.05) is 0 Å². The Morgan fingerprint density at radius 2 is 2.07 bits per heavy atom. The summed E-state index contributed by atoms with van der Waals surface area (Å²) in [5.74, 6) is 0.477. The molecule has 0 N–H and O–H groups in total. The van der Waals surface area contributed by atoms with Crippen molar-refractivity contribution in [2.24, 2.45) is 0 Å². The minimum atomic E-state index is -0.714. The minimum absolute atomic E-state index is 0.157. The molecule has 0 aliphatic heterocycles. The van der Waals surface area contributed by atoms with Crippen molar-refractivity contribution in [3.8, 4) is 5.75 Å². The summed E-state index contributed by atoms with van der Waals surface area (Å²) >= 11 is 0. The summed E-state index contributed by atoms with van der Waals surface area (Å²) in [6.07, 6.45) is 0.768. The first kappa shape index (κ1) is 10.3. The molecule has 0 unspecified atom stereocenters. The molecule has 0 amide bonds. The third kappa shape index (κ3) is 3.31. The fourth-order valence-electron chi connectivity index (χ4n) is 0.859. The lowest BCUT2D eigenvalue weighted by Crippen LogP contribution is -2.10. The molecule has 0 radical (unpaired) electrons. The molecule has 0 aliphatic rings. The van der Waals surface area contributed by atoms with Gasteiger partial charge in [0.2, 0.25) is 0 Å². The number of carbonyl (C=O) groups excluding carboxylic acids is 1. The summed E-state index contributed by atoms with van der Waals surface area (Å²) in [4.78, 5) is 11.0. The number of ether oxygens (including phenoxy) is 2. The maximum Gasteiger partial charge on any atom is 0.514 e. The molecule has 74 valence electrons. The zero-order valence-corrected chi connectivity index (χ0v) is 8.03. The molecule has 0 heterocycles. The molecular weight excluding hydrogens is 180 g/mol. The first-order valence-corrected chi connectivity index (χ1v) is 4.24. The topological polar surface area (TPSA) is 35.5 Å². The monoisotopic (exact) mass is 192 g/mol. The smallest absolute Gasteiger partial charge is 0.430 e. The lowest BCUT2D eigenvalue weighted by atomic mass is 10.2. The fraction of sp³-hybridized carbons (Fsp3) is 0.182. The van der Waals surface area contributed by atoms with Crippen LogP contribution in [0.1, 0.15) is 5.56 Å². The molecule has 0 spiro atoms. The van der Waals surface area contributed by atoms with Gasteiger partial charge in [-0.25, -0.2) is 4.79 Å². The van der Waals surface area contributed by atoms with Crippen molar-refractivity contribution in [1.29, 1.82) is 0 Å². The number of hydrogen-bond acceptors (Lipinski definition) is 3. The van der Waals surface area contributed by atoms with E-state index in [2.05, 4.69) is 11.3 Å². The highest BCUT2D eigenvalue weighted by Gasteiger charge is 2.03. The molecular formula is C11H12O3. The van der Waals surface area contributed by atoms with Crippen LogP contribution < -0.4 is 4.74 Å². The maximum absolute atomic E-state index is 11.0. The quantitative estimate of drug-likeness (QED) is 0.419. The van der Waals surface area contributed by atoms with Crippen molar-refractivity contribution in [3.63, 3.8) is 0 Å². The van der Waals surface area contributed by atoms with Crippen LogP contribution in [-0.4, -0.2) is 12.8 Å². The van der Waals surface area contributed by atoms with Gasteiger partial charge in [-0.1, -0.05) is 30.4 Å².